The Labute approximate surface area is 71.2 Å². The molecule has 0 aliphatic heterocycles. The molecule has 0 heterocycles. The number of hydrogen-bond donors (Lipinski definition) is 2. The van der Waals surface area contributed by atoms with Crippen molar-refractivity contribution in [2.24, 2.45) is 0 Å². The van der Waals surface area contributed by atoms with E-state index in [4.69, 9.17) is 9.84 Å². The lowest BCUT2D eigenvalue weighted by Crippen LogP contribution is -2.01. The van der Waals surface area contributed by atoms with Gasteiger partial charge in [-0.2, -0.15) is 0 Å². The van der Waals surface area contributed by atoms with Crippen molar-refractivity contribution in [3.63, 3.8) is 0 Å². The zero-order valence-corrected chi connectivity index (χ0v) is 6.90. The van der Waals surface area contributed by atoms with E-state index in [2.05, 4.69) is 0 Å². The molecule has 3 heteroatoms. The molecule has 0 fully saturated rings. The van der Waals surface area contributed by atoms with Crippen LogP contribution in [0.1, 0.15) is 11.7 Å². The van der Waals surface area contributed by atoms with E-state index in [0.717, 1.165) is 5.75 Å². The van der Waals surface area contributed by atoms with Gasteiger partial charge in [-0.1, -0.05) is 12.1 Å². The first-order chi connectivity index (χ1) is 5.77. The fourth-order valence-corrected chi connectivity index (χ4v) is 0.931. The number of benzene rings is 1. The Balaban J connectivity index is 2.77. The van der Waals surface area contributed by atoms with E-state index in [0.29, 0.717) is 5.56 Å². The van der Waals surface area contributed by atoms with Gasteiger partial charge in [-0.25, -0.2) is 0 Å². The summed E-state index contributed by atoms with van der Waals surface area (Å²) in [6.07, 6.45) is -0.795. The van der Waals surface area contributed by atoms with Crippen molar-refractivity contribution in [2.45, 2.75) is 6.10 Å². The van der Waals surface area contributed by atoms with Crippen molar-refractivity contribution < 1.29 is 14.9 Å². The van der Waals surface area contributed by atoms with Crippen molar-refractivity contribution in [2.75, 3.05) is 13.7 Å². The molecule has 2 N–H and O–H groups in total. The minimum atomic E-state index is -0.795. The lowest BCUT2D eigenvalue weighted by atomic mass is 10.2. The lowest BCUT2D eigenvalue weighted by molar-refractivity contribution is 0.0956. The molecule has 3 nitrogen and oxygen atoms in total. The molecule has 0 aromatic heterocycles. The van der Waals surface area contributed by atoms with Gasteiger partial charge >= 0.3 is 0 Å². The number of aliphatic hydroxyl groups is 2. The zero-order valence-electron chi connectivity index (χ0n) is 6.90. The molecule has 1 rings (SSSR count). The van der Waals surface area contributed by atoms with Gasteiger partial charge in [0, 0.05) is 0 Å². The summed E-state index contributed by atoms with van der Waals surface area (Å²) in [5.41, 5.74) is 0.693. The minimum Gasteiger partial charge on any atom is -0.497 e. The predicted octanol–water partition coefficient (Wildman–Crippen LogP) is 0.721. The van der Waals surface area contributed by atoms with Crippen LogP contribution in [0, 0.1) is 0 Å². The van der Waals surface area contributed by atoms with E-state index in [9.17, 15) is 5.11 Å². The molecule has 1 aromatic carbocycles. The Morgan fingerprint density at radius 1 is 1.33 bits per heavy atom. The predicted molar refractivity (Wildman–Crippen MR) is 45.0 cm³/mol. The van der Waals surface area contributed by atoms with Gasteiger partial charge < -0.3 is 14.9 Å². The topological polar surface area (TPSA) is 49.7 Å². The van der Waals surface area contributed by atoms with Crippen molar-refractivity contribution >= 4 is 0 Å². The molecule has 66 valence electrons. The largest absolute Gasteiger partial charge is 0.497 e. The Morgan fingerprint density at radius 3 is 2.33 bits per heavy atom. The van der Waals surface area contributed by atoms with Crippen molar-refractivity contribution in [3.8, 4) is 5.75 Å². The second kappa shape index (κ2) is 4.09. The summed E-state index contributed by atoms with van der Waals surface area (Å²) < 4.78 is 4.94. The third kappa shape index (κ3) is 1.96. The number of rotatable bonds is 3. The smallest absolute Gasteiger partial charge is 0.118 e. The van der Waals surface area contributed by atoms with Crippen LogP contribution in [0.4, 0.5) is 0 Å². The van der Waals surface area contributed by atoms with Crippen LogP contribution in [0.3, 0.4) is 0 Å². The molecular weight excluding hydrogens is 157 g/mol. The average molecular weight is 169 g/mol. The fraction of sp³-hybridized carbons (Fsp3) is 0.333. The van der Waals surface area contributed by atoms with E-state index in [1.54, 1.807) is 31.4 Å². The molecule has 0 aliphatic rings. The first-order valence-electron chi connectivity index (χ1n) is 3.71. The Bertz CT molecular complexity index is 230. The van der Waals surface area contributed by atoms with Crippen LogP contribution < -0.4 is 4.74 Å². The van der Waals surface area contributed by atoms with Gasteiger partial charge in [-0.3, -0.25) is 0 Å². The SMILES string of the molecule is COc1ccc([13CH](O)CO)cc1. The minimum absolute atomic E-state index is 0.258. The van der Waals surface area contributed by atoms with Gasteiger partial charge in [0.2, 0.25) is 0 Å². The highest BCUT2D eigenvalue weighted by Gasteiger charge is 2.04. The molecule has 1 unspecified atom stereocenters. The third-order valence-electron chi connectivity index (χ3n) is 1.67. The van der Waals surface area contributed by atoms with Gasteiger partial charge in [-0.15, -0.1) is 0 Å². The quantitative estimate of drug-likeness (QED) is 0.655. The summed E-state index contributed by atoms with van der Waals surface area (Å²) in [5, 5.41) is 17.8. The van der Waals surface area contributed by atoms with E-state index < -0.39 is 6.10 Å². The monoisotopic (exact) mass is 169 g/mol. The molecule has 1 aromatic rings. The number of hydrogen-bond acceptors (Lipinski definition) is 3. The number of methoxy groups -OCH3 is 1. The van der Waals surface area contributed by atoms with Crippen LogP contribution in [-0.4, -0.2) is 23.9 Å². The second-order valence-electron chi connectivity index (χ2n) is 2.47. The van der Waals surface area contributed by atoms with Gasteiger partial charge in [0.1, 0.15) is 11.9 Å². The molecule has 0 radical (unpaired) electrons. The van der Waals surface area contributed by atoms with Crippen LogP contribution >= 0.6 is 0 Å². The van der Waals surface area contributed by atoms with Crippen LogP contribution in [0.15, 0.2) is 24.3 Å². The van der Waals surface area contributed by atoms with Crippen LogP contribution in [0.2, 0.25) is 0 Å². The molecule has 0 saturated heterocycles. The van der Waals surface area contributed by atoms with Crippen molar-refractivity contribution in [1.29, 1.82) is 0 Å². The molecule has 0 aliphatic carbocycles. The highest BCUT2D eigenvalue weighted by Crippen LogP contribution is 2.16. The lowest BCUT2D eigenvalue weighted by Gasteiger charge is -2.07. The fourth-order valence-electron chi connectivity index (χ4n) is 0.931. The number of aliphatic hydroxyl groups excluding tert-OH is 2. The first-order valence-corrected chi connectivity index (χ1v) is 3.71. The van der Waals surface area contributed by atoms with Gasteiger partial charge in [0.05, 0.1) is 13.7 Å². The third-order valence-corrected chi connectivity index (χ3v) is 1.67. The average Bonchev–Trinajstić information content (AvgIpc) is 2.17. The summed E-state index contributed by atoms with van der Waals surface area (Å²) in [6.45, 7) is -0.258. The van der Waals surface area contributed by atoms with Crippen molar-refractivity contribution in [1.82, 2.24) is 0 Å². The molecule has 1 atom stereocenters. The van der Waals surface area contributed by atoms with Gasteiger partial charge in [0.25, 0.3) is 0 Å². The van der Waals surface area contributed by atoms with Gasteiger partial charge in [-0.05, 0) is 17.7 Å². The van der Waals surface area contributed by atoms with Crippen molar-refractivity contribution in [3.05, 3.63) is 29.8 Å². The first kappa shape index (κ1) is 9.03. The molecule has 0 bridgehead atoms. The van der Waals surface area contributed by atoms with E-state index in [-0.39, 0.29) is 6.61 Å². The molecule has 12 heavy (non-hydrogen) atoms. The Morgan fingerprint density at radius 2 is 1.92 bits per heavy atom. The maximum absolute atomic E-state index is 9.20. The van der Waals surface area contributed by atoms with Gasteiger partial charge in [0.15, 0.2) is 0 Å². The Kier molecular flexibility index (Phi) is 3.08. The standard InChI is InChI=1S/C9H12O3/c1-12-8-4-2-7(3-5-8)9(11)6-10/h2-5,9-11H,6H2,1H3/i9+1. The summed E-state index contributed by atoms with van der Waals surface area (Å²) in [4.78, 5) is 0. The van der Waals surface area contributed by atoms with Crippen LogP contribution in [0.25, 0.3) is 0 Å². The Hall–Kier alpha value is -1.06. The zero-order chi connectivity index (χ0) is 8.97. The van der Waals surface area contributed by atoms with Crippen LogP contribution in [-0.2, 0) is 0 Å². The maximum atomic E-state index is 9.20. The van der Waals surface area contributed by atoms with E-state index in [1.807, 2.05) is 0 Å². The summed E-state index contributed by atoms with van der Waals surface area (Å²) in [7, 11) is 1.58. The highest BCUT2D eigenvalue weighted by atomic mass is 16.5. The van der Waals surface area contributed by atoms with E-state index in [1.165, 1.54) is 0 Å². The number of ether oxygens (including phenoxy) is 1. The summed E-state index contributed by atoms with van der Waals surface area (Å²) in [5.74, 6) is 0.740. The molecule has 0 amide bonds. The highest BCUT2D eigenvalue weighted by molar-refractivity contribution is 5.28. The molecule has 0 saturated carbocycles. The molecular formula is C9H12O3. The second-order valence-corrected chi connectivity index (χ2v) is 2.47. The van der Waals surface area contributed by atoms with E-state index >= 15 is 0 Å². The summed E-state index contributed by atoms with van der Waals surface area (Å²) in [6, 6.07) is 6.93. The normalized spacial score (nSPS) is 12.6. The summed E-state index contributed by atoms with van der Waals surface area (Å²) >= 11 is 0. The van der Waals surface area contributed by atoms with Crippen LogP contribution in [0.5, 0.6) is 5.75 Å². The molecule has 0 spiro atoms. The maximum Gasteiger partial charge on any atom is 0.118 e.